The number of rotatable bonds is 7. The van der Waals surface area contributed by atoms with Gasteiger partial charge in [-0.3, -0.25) is 4.79 Å². The van der Waals surface area contributed by atoms with Crippen LogP contribution in [-0.2, 0) is 22.6 Å². The van der Waals surface area contributed by atoms with Gasteiger partial charge in [-0.1, -0.05) is 89.9 Å². The molecular formula is C25H19Cl2NO3. The molecule has 0 atom stereocenters. The summed E-state index contributed by atoms with van der Waals surface area (Å²) in [6.45, 7) is 0.0882. The second-order valence-electron chi connectivity index (χ2n) is 6.91. The van der Waals surface area contributed by atoms with Gasteiger partial charge in [0, 0.05) is 33.2 Å². The van der Waals surface area contributed by atoms with Gasteiger partial charge in [0.05, 0.1) is 6.42 Å². The van der Waals surface area contributed by atoms with Gasteiger partial charge in [0.25, 0.3) is 0 Å². The Morgan fingerprint density at radius 3 is 2.26 bits per heavy atom. The van der Waals surface area contributed by atoms with Gasteiger partial charge < -0.3 is 9.15 Å². The molecule has 0 radical (unpaired) electrons. The maximum absolute atomic E-state index is 12.2. The van der Waals surface area contributed by atoms with Crippen LogP contribution in [0.5, 0.6) is 0 Å². The van der Waals surface area contributed by atoms with E-state index in [-0.39, 0.29) is 19.0 Å². The molecule has 4 rings (SSSR count). The van der Waals surface area contributed by atoms with Crippen LogP contribution in [0.25, 0.3) is 22.6 Å². The van der Waals surface area contributed by atoms with E-state index in [1.807, 2.05) is 60.7 Å². The minimum atomic E-state index is -0.355. The Balaban J connectivity index is 1.46. The lowest BCUT2D eigenvalue weighted by Gasteiger charge is -2.06. The quantitative estimate of drug-likeness (QED) is 0.284. The fraction of sp³-hybridized carbons (Fsp3) is 0.120. The smallest absolute Gasteiger partial charge is 0.306 e. The summed E-state index contributed by atoms with van der Waals surface area (Å²) in [7, 11) is 0. The number of carbonyl (C=O) groups is 1. The van der Waals surface area contributed by atoms with E-state index in [1.54, 1.807) is 18.2 Å². The third-order valence-electron chi connectivity index (χ3n) is 4.70. The first-order valence-corrected chi connectivity index (χ1v) is 10.6. The lowest BCUT2D eigenvalue weighted by molar-refractivity contribution is -0.145. The van der Waals surface area contributed by atoms with Gasteiger partial charge >= 0.3 is 5.97 Å². The highest BCUT2D eigenvalue weighted by Crippen LogP contribution is 2.33. The van der Waals surface area contributed by atoms with Crippen molar-refractivity contribution in [3.8, 4) is 22.6 Å². The van der Waals surface area contributed by atoms with E-state index in [9.17, 15) is 4.79 Å². The summed E-state index contributed by atoms with van der Waals surface area (Å²) in [5, 5.41) is 1.00. The van der Waals surface area contributed by atoms with Gasteiger partial charge in [0.2, 0.25) is 0 Å². The molecule has 0 aliphatic rings. The van der Waals surface area contributed by atoms with Gasteiger partial charge in [-0.2, -0.15) is 0 Å². The monoisotopic (exact) mass is 451 g/mol. The van der Waals surface area contributed by atoms with Gasteiger partial charge in [-0.05, 0) is 12.1 Å². The molecule has 1 aromatic heterocycles. The van der Waals surface area contributed by atoms with E-state index in [2.05, 4.69) is 4.98 Å². The molecule has 0 bridgehead atoms. The topological polar surface area (TPSA) is 52.3 Å². The second kappa shape index (κ2) is 9.82. The van der Waals surface area contributed by atoms with E-state index >= 15 is 0 Å². The predicted molar refractivity (Wildman–Crippen MR) is 122 cm³/mol. The first-order chi connectivity index (χ1) is 15.1. The van der Waals surface area contributed by atoms with Gasteiger partial charge in [-0.15, -0.1) is 0 Å². The van der Waals surface area contributed by atoms with Crippen molar-refractivity contribution in [2.24, 2.45) is 0 Å². The summed E-state index contributed by atoms with van der Waals surface area (Å²) in [6.07, 6.45) is 0.480. The lowest BCUT2D eigenvalue weighted by atomic mass is 10.1. The average molecular weight is 452 g/mol. The van der Waals surface area contributed by atoms with Gasteiger partial charge in [0.1, 0.15) is 12.3 Å². The molecule has 0 spiro atoms. The van der Waals surface area contributed by atoms with Crippen molar-refractivity contribution in [2.75, 3.05) is 0 Å². The summed E-state index contributed by atoms with van der Waals surface area (Å²) in [4.78, 5) is 16.9. The normalized spacial score (nSPS) is 10.8. The van der Waals surface area contributed by atoms with E-state index in [0.29, 0.717) is 33.7 Å². The largest absolute Gasteiger partial charge is 0.461 e. The number of oxazole rings is 1. The standard InChI is InChI=1S/C25H19Cl2NO3/c26-20-12-11-19(21(27)15-20)16-30-23(29)14-13-22-28-24(17-7-3-1-4-8-17)25(31-22)18-9-5-2-6-10-18/h1-12,15H,13-14,16H2. The Kier molecular flexibility index (Phi) is 6.70. The molecule has 4 nitrogen and oxygen atoms in total. The SMILES string of the molecule is O=C(CCc1nc(-c2ccccc2)c(-c2ccccc2)o1)OCc1ccc(Cl)cc1Cl. The average Bonchev–Trinajstić information content (AvgIpc) is 3.23. The molecule has 0 unspecified atom stereocenters. The van der Waals surface area contributed by atoms with Crippen LogP contribution >= 0.6 is 23.2 Å². The molecule has 0 aliphatic heterocycles. The Morgan fingerprint density at radius 2 is 1.58 bits per heavy atom. The zero-order chi connectivity index (χ0) is 21.6. The van der Waals surface area contributed by atoms with Crippen LogP contribution in [0, 0.1) is 0 Å². The van der Waals surface area contributed by atoms with Crippen LogP contribution in [-0.4, -0.2) is 11.0 Å². The molecule has 156 valence electrons. The van der Waals surface area contributed by atoms with Crippen molar-refractivity contribution in [1.29, 1.82) is 0 Å². The van der Waals surface area contributed by atoms with Crippen LogP contribution in [0.1, 0.15) is 17.9 Å². The fourth-order valence-corrected chi connectivity index (χ4v) is 3.59. The summed E-state index contributed by atoms with van der Waals surface area (Å²) in [5.41, 5.74) is 3.34. The molecule has 4 aromatic rings. The summed E-state index contributed by atoms with van der Waals surface area (Å²) < 4.78 is 11.4. The molecule has 3 aromatic carbocycles. The van der Waals surface area contributed by atoms with Crippen molar-refractivity contribution in [2.45, 2.75) is 19.4 Å². The molecule has 0 fully saturated rings. The summed E-state index contributed by atoms with van der Waals surface area (Å²) >= 11 is 12.0. The number of hydrogen-bond donors (Lipinski definition) is 0. The van der Waals surface area contributed by atoms with E-state index in [4.69, 9.17) is 32.4 Å². The lowest BCUT2D eigenvalue weighted by Crippen LogP contribution is -2.06. The number of aromatic nitrogens is 1. The Labute approximate surface area is 190 Å². The van der Waals surface area contributed by atoms with Gasteiger partial charge in [0.15, 0.2) is 11.7 Å². The molecule has 1 heterocycles. The molecular weight excluding hydrogens is 433 g/mol. The Bertz CT molecular complexity index is 1120. The molecule has 6 heteroatoms. The van der Waals surface area contributed by atoms with Crippen molar-refractivity contribution in [3.63, 3.8) is 0 Å². The molecule has 0 N–H and O–H groups in total. The molecule has 0 amide bonds. The number of halogens is 2. The highest BCUT2D eigenvalue weighted by atomic mass is 35.5. The fourth-order valence-electron chi connectivity index (χ4n) is 3.13. The predicted octanol–water partition coefficient (Wildman–Crippen LogP) is 6.99. The molecule has 31 heavy (non-hydrogen) atoms. The highest BCUT2D eigenvalue weighted by Gasteiger charge is 2.18. The van der Waals surface area contributed by atoms with Crippen molar-refractivity contribution in [3.05, 3.63) is 100 Å². The first kappa shape index (κ1) is 21.2. The maximum atomic E-state index is 12.2. The van der Waals surface area contributed by atoms with Crippen LogP contribution in [0.15, 0.2) is 83.3 Å². The Hall–Kier alpha value is -3.08. The third kappa shape index (κ3) is 5.35. The number of ether oxygens (including phenoxy) is 1. The highest BCUT2D eigenvalue weighted by molar-refractivity contribution is 6.35. The zero-order valence-corrected chi connectivity index (χ0v) is 18.1. The Morgan fingerprint density at radius 1 is 0.903 bits per heavy atom. The number of nitrogens with zero attached hydrogens (tertiary/aromatic N) is 1. The number of hydrogen-bond acceptors (Lipinski definition) is 4. The van der Waals surface area contributed by atoms with Crippen molar-refractivity contribution < 1.29 is 13.9 Å². The summed E-state index contributed by atoms with van der Waals surface area (Å²) in [5.74, 6) is 0.814. The van der Waals surface area contributed by atoms with Crippen molar-refractivity contribution >= 4 is 29.2 Å². The molecule has 0 aliphatic carbocycles. The van der Waals surface area contributed by atoms with Crippen LogP contribution in [0.2, 0.25) is 10.0 Å². The molecule has 0 saturated heterocycles. The van der Waals surface area contributed by atoms with Crippen molar-refractivity contribution in [1.82, 2.24) is 4.98 Å². The zero-order valence-electron chi connectivity index (χ0n) is 16.6. The molecule has 0 saturated carbocycles. The minimum Gasteiger partial charge on any atom is -0.461 e. The maximum Gasteiger partial charge on any atom is 0.306 e. The van der Waals surface area contributed by atoms with Crippen LogP contribution in [0.4, 0.5) is 0 Å². The van der Waals surface area contributed by atoms with Crippen LogP contribution < -0.4 is 0 Å². The van der Waals surface area contributed by atoms with E-state index in [0.717, 1.165) is 16.8 Å². The van der Waals surface area contributed by atoms with Crippen LogP contribution in [0.3, 0.4) is 0 Å². The number of aryl methyl sites for hydroxylation is 1. The summed E-state index contributed by atoms with van der Waals surface area (Å²) in [6, 6.07) is 24.7. The second-order valence-corrected chi connectivity index (χ2v) is 7.76. The number of carbonyl (C=O) groups excluding carboxylic acids is 1. The van der Waals surface area contributed by atoms with Gasteiger partial charge in [-0.25, -0.2) is 4.98 Å². The number of benzene rings is 3. The first-order valence-electron chi connectivity index (χ1n) is 9.80. The van der Waals surface area contributed by atoms with E-state index in [1.165, 1.54) is 0 Å². The third-order valence-corrected chi connectivity index (χ3v) is 5.29. The minimum absolute atomic E-state index is 0.0882. The number of esters is 1. The van der Waals surface area contributed by atoms with E-state index < -0.39 is 0 Å².